The number of carbonyl (C=O) groups excluding carboxylic acids is 1. The average Bonchev–Trinajstić information content (AvgIpc) is 3.17. The van der Waals surface area contributed by atoms with Gasteiger partial charge in [0.1, 0.15) is 5.82 Å². The van der Waals surface area contributed by atoms with Gasteiger partial charge in [-0.3, -0.25) is 9.59 Å². The highest BCUT2D eigenvalue weighted by molar-refractivity contribution is 5.94. The van der Waals surface area contributed by atoms with Crippen LogP contribution in [0.15, 0.2) is 47.3 Å². The first kappa shape index (κ1) is 18.9. The normalized spacial score (nSPS) is 12.3. The van der Waals surface area contributed by atoms with Crippen LogP contribution in [0.1, 0.15) is 15.9 Å². The molecule has 4 rings (SSSR count). The Morgan fingerprint density at radius 3 is 2.62 bits per heavy atom. The number of methoxy groups -OCH3 is 1. The number of nitrogens with one attached hydrogen (secondary N) is 1. The lowest BCUT2D eigenvalue weighted by atomic mass is 10.1. The highest BCUT2D eigenvalue weighted by Gasteiger charge is 2.19. The molecule has 1 aromatic heterocycles. The molecule has 1 N–H and O–H groups in total. The minimum Gasteiger partial charge on any atom is -0.454 e. The van der Waals surface area contributed by atoms with E-state index in [9.17, 15) is 14.0 Å². The molecule has 1 aliphatic heterocycles. The zero-order chi connectivity index (χ0) is 20.4. The van der Waals surface area contributed by atoms with E-state index in [1.165, 1.54) is 36.3 Å². The summed E-state index contributed by atoms with van der Waals surface area (Å²) in [6.07, 6.45) is 0. The third-order valence-corrected chi connectivity index (χ3v) is 4.72. The summed E-state index contributed by atoms with van der Waals surface area (Å²) in [6.45, 7) is 0.807. The molecule has 0 saturated heterocycles. The largest absolute Gasteiger partial charge is 0.454 e. The highest BCUT2D eigenvalue weighted by atomic mass is 19.1. The van der Waals surface area contributed by atoms with Crippen LogP contribution in [0.4, 0.5) is 4.39 Å². The Kier molecular flexibility index (Phi) is 5.18. The first-order valence-corrected chi connectivity index (χ1v) is 9.04. The number of ether oxygens (including phenoxy) is 3. The van der Waals surface area contributed by atoms with Crippen LogP contribution in [-0.2, 0) is 11.3 Å². The summed E-state index contributed by atoms with van der Waals surface area (Å²) in [5.41, 5.74) is 1.08. The zero-order valence-corrected chi connectivity index (χ0v) is 15.7. The lowest BCUT2D eigenvalue weighted by Crippen LogP contribution is -2.35. The Labute approximate surface area is 165 Å². The van der Waals surface area contributed by atoms with E-state index in [-0.39, 0.29) is 31.3 Å². The summed E-state index contributed by atoms with van der Waals surface area (Å²) in [4.78, 5) is 29.8. The van der Waals surface area contributed by atoms with E-state index in [1.807, 2.05) is 0 Å². The third kappa shape index (κ3) is 3.93. The molecule has 29 heavy (non-hydrogen) atoms. The van der Waals surface area contributed by atoms with Crippen LogP contribution in [0.25, 0.3) is 10.9 Å². The van der Waals surface area contributed by atoms with Gasteiger partial charge in [0.05, 0.1) is 18.7 Å². The van der Waals surface area contributed by atoms with Crippen molar-refractivity contribution in [2.45, 2.75) is 6.54 Å². The Bertz CT molecular complexity index is 1110. The van der Waals surface area contributed by atoms with Crippen LogP contribution >= 0.6 is 0 Å². The lowest BCUT2D eigenvalue weighted by molar-refractivity contribution is 0.0679. The number of hydrogen-bond acceptors (Lipinski definition) is 5. The fourth-order valence-electron chi connectivity index (χ4n) is 3.19. The van der Waals surface area contributed by atoms with Crippen molar-refractivity contribution in [1.82, 2.24) is 9.88 Å². The smallest absolute Gasteiger partial charge is 0.254 e. The number of aromatic nitrogens is 1. The number of halogens is 1. The quantitative estimate of drug-likeness (QED) is 0.691. The van der Waals surface area contributed by atoms with E-state index in [2.05, 4.69) is 4.98 Å². The Morgan fingerprint density at radius 2 is 1.90 bits per heavy atom. The van der Waals surface area contributed by atoms with Crippen molar-refractivity contribution in [3.63, 3.8) is 0 Å². The van der Waals surface area contributed by atoms with E-state index in [0.29, 0.717) is 34.7 Å². The Hall–Kier alpha value is -3.39. The summed E-state index contributed by atoms with van der Waals surface area (Å²) in [5, 5.41) is 0.768. The first-order chi connectivity index (χ1) is 14.0. The molecule has 8 heteroatoms. The molecular weight excluding hydrogens is 379 g/mol. The second-order valence-electron chi connectivity index (χ2n) is 6.64. The van der Waals surface area contributed by atoms with E-state index in [1.54, 1.807) is 18.2 Å². The summed E-state index contributed by atoms with van der Waals surface area (Å²) < 4.78 is 29.0. The summed E-state index contributed by atoms with van der Waals surface area (Å²) in [5.74, 6) is 0.449. The second kappa shape index (κ2) is 7.92. The molecule has 150 valence electrons. The number of pyridine rings is 1. The molecule has 1 amide bonds. The summed E-state index contributed by atoms with van der Waals surface area (Å²) >= 11 is 0. The molecule has 2 aromatic carbocycles. The number of hydrogen-bond donors (Lipinski definition) is 1. The van der Waals surface area contributed by atoms with Gasteiger partial charge in [0.15, 0.2) is 11.5 Å². The van der Waals surface area contributed by atoms with Gasteiger partial charge in [0.25, 0.3) is 11.5 Å². The number of fused-ring (bicyclic) bond motifs is 2. The molecule has 0 radical (unpaired) electrons. The number of carbonyl (C=O) groups is 1. The molecule has 0 unspecified atom stereocenters. The maximum atomic E-state index is 13.2. The van der Waals surface area contributed by atoms with Gasteiger partial charge in [-0.2, -0.15) is 0 Å². The zero-order valence-electron chi connectivity index (χ0n) is 15.7. The molecule has 7 nitrogen and oxygen atoms in total. The van der Waals surface area contributed by atoms with Gasteiger partial charge < -0.3 is 24.1 Å². The number of aromatic amines is 1. The number of H-pyrrole nitrogens is 1. The molecule has 0 aliphatic carbocycles. The number of nitrogens with zero attached hydrogens (tertiary/aromatic N) is 1. The standard InChI is InChI=1S/C21H19FN2O5/c1-27-7-6-24(21(26)13-2-4-16(22)5-3-13)11-15-8-14-9-18-19(29-12-28-18)10-17(14)23-20(15)25/h2-5,8-10H,6-7,11-12H2,1H3,(H,23,25). The minimum atomic E-state index is -0.422. The maximum absolute atomic E-state index is 13.2. The predicted octanol–water partition coefficient (Wildman–Crippen LogP) is 2.68. The molecule has 0 spiro atoms. The van der Waals surface area contributed by atoms with Crippen molar-refractivity contribution in [1.29, 1.82) is 0 Å². The van der Waals surface area contributed by atoms with Gasteiger partial charge in [0, 0.05) is 36.2 Å². The average molecular weight is 398 g/mol. The van der Waals surface area contributed by atoms with Crippen molar-refractivity contribution in [2.75, 3.05) is 27.1 Å². The van der Waals surface area contributed by atoms with Crippen molar-refractivity contribution < 1.29 is 23.4 Å². The monoisotopic (exact) mass is 398 g/mol. The van der Waals surface area contributed by atoms with Crippen LogP contribution in [-0.4, -0.2) is 42.8 Å². The fourth-order valence-corrected chi connectivity index (χ4v) is 3.19. The number of rotatable bonds is 6. The SMILES string of the molecule is COCCN(Cc1cc2cc3c(cc2[nH]c1=O)OCO3)C(=O)c1ccc(F)cc1. The lowest BCUT2D eigenvalue weighted by Gasteiger charge is -2.22. The molecule has 0 fully saturated rings. The Balaban J connectivity index is 1.66. The summed E-state index contributed by atoms with van der Waals surface area (Å²) in [7, 11) is 1.53. The number of amides is 1. The van der Waals surface area contributed by atoms with Gasteiger partial charge in [-0.25, -0.2) is 4.39 Å². The molecular formula is C21H19FN2O5. The van der Waals surface area contributed by atoms with Crippen molar-refractivity contribution in [3.05, 3.63) is 69.8 Å². The van der Waals surface area contributed by atoms with Crippen LogP contribution in [0.5, 0.6) is 11.5 Å². The minimum absolute atomic E-state index is 0.0826. The molecule has 0 atom stereocenters. The number of benzene rings is 2. The van der Waals surface area contributed by atoms with Crippen LogP contribution < -0.4 is 15.0 Å². The first-order valence-electron chi connectivity index (χ1n) is 9.04. The van der Waals surface area contributed by atoms with Gasteiger partial charge in [-0.15, -0.1) is 0 Å². The van der Waals surface area contributed by atoms with Gasteiger partial charge in [0.2, 0.25) is 6.79 Å². The third-order valence-electron chi connectivity index (χ3n) is 4.72. The van der Waals surface area contributed by atoms with Gasteiger partial charge >= 0.3 is 0 Å². The van der Waals surface area contributed by atoms with Gasteiger partial charge in [-0.05, 0) is 36.4 Å². The topological polar surface area (TPSA) is 80.9 Å². The molecule has 2 heterocycles. The van der Waals surface area contributed by atoms with E-state index >= 15 is 0 Å². The van der Waals surface area contributed by atoms with Crippen molar-refractivity contribution in [3.8, 4) is 11.5 Å². The fraction of sp³-hybridized carbons (Fsp3) is 0.238. The van der Waals surface area contributed by atoms with Crippen molar-refractivity contribution >= 4 is 16.8 Å². The van der Waals surface area contributed by atoms with E-state index in [4.69, 9.17) is 14.2 Å². The molecule has 3 aromatic rings. The van der Waals surface area contributed by atoms with Crippen LogP contribution in [0, 0.1) is 5.82 Å². The molecule has 0 saturated carbocycles. The van der Waals surface area contributed by atoms with E-state index in [0.717, 1.165) is 5.39 Å². The summed E-state index contributed by atoms with van der Waals surface area (Å²) in [6, 6.07) is 10.5. The van der Waals surface area contributed by atoms with E-state index < -0.39 is 5.82 Å². The molecule has 1 aliphatic rings. The maximum Gasteiger partial charge on any atom is 0.254 e. The predicted molar refractivity (Wildman–Crippen MR) is 104 cm³/mol. The second-order valence-corrected chi connectivity index (χ2v) is 6.64. The van der Waals surface area contributed by atoms with Crippen LogP contribution in [0.2, 0.25) is 0 Å². The van der Waals surface area contributed by atoms with Crippen molar-refractivity contribution in [2.24, 2.45) is 0 Å². The molecule has 0 bridgehead atoms. The van der Waals surface area contributed by atoms with Gasteiger partial charge in [-0.1, -0.05) is 0 Å². The highest BCUT2D eigenvalue weighted by Crippen LogP contribution is 2.35. The van der Waals surface area contributed by atoms with Crippen LogP contribution in [0.3, 0.4) is 0 Å². The Morgan fingerprint density at radius 1 is 1.17 bits per heavy atom.